The Balaban J connectivity index is 2.91. The second-order valence-corrected chi connectivity index (χ2v) is 4.72. The van der Waals surface area contributed by atoms with Gasteiger partial charge in [0.05, 0.1) is 6.10 Å². The molecule has 3 heteroatoms. The molecular weight excluding hydrogens is 200 g/mol. The standard InChI is InChI=1S/C13H22N2O/c1-9(2)10(3)15(5)13-8-12(11(4)16)6-7-14-13/h6-11,16H,1-5H3/t10?,11-/m0/s1. The third kappa shape index (κ3) is 2.95. The van der Waals surface area contributed by atoms with Crippen LogP contribution in [0.5, 0.6) is 0 Å². The zero-order valence-electron chi connectivity index (χ0n) is 10.8. The van der Waals surface area contributed by atoms with Crippen LogP contribution in [0.25, 0.3) is 0 Å². The van der Waals surface area contributed by atoms with Crippen molar-refractivity contribution in [1.29, 1.82) is 0 Å². The Morgan fingerprint density at radius 3 is 2.38 bits per heavy atom. The van der Waals surface area contributed by atoms with E-state index in [0.717, 1.165) is 11.4 Å². The van der Waals surface area contributed by atoms with E-state index < -0.39 is 6.10 Å². The van der Waals surface area contributed by atoms with Crippen LogP contribution in [0.2, 0.25) is 0 Å². The highest BCUT2D eigenvalue weighted by Crippen LogP contribution is 2.20. The zero-order chi connectivity index (χ0) is 12.3. The zero-order valence-corrected chi connectivity index (χ0v) is 10.8. The van der Waals surface area contributed by atoms with Gasteiger partial charge in [-0.1, -0.05) is 13.8 Å². The molecule has 0 amide bonds. The second kappa shape index (κ2) is 5.30. The maximum atomic E-state index is 9.53. The van der Waals surface area contributed by atoms with Crippen molar-refractivity contribution in [2.45, 2.75) is 39.8 Å². The molecule has 0 aliphatic carbocycles. The predicted molar refractivity (Wildman–Crippen MR) is 67.6 cm³/mol. The summed E-state index contributed by atoms with van der Waals surface area (Å²) < 4.78 is 0. The summed E-state index contributed by atoms with van der Waals surface area (Å²) in [6.07, 6.45) is 1.31. The van der Waals surface area contributed by atoms with Crippen molar-refractivity contribution in [3.8, 4) is 0 Å². The van der Waals surface area contributed by atoms with Crippen molar-refractivity contribution in [3.63, 3.8) is 0 Å². The molecule has 0 aliphatic heterocycles. The van der Waals surface area contributed by atoms with Crippen LogP contribution >= 0.6 is 0 Å². The molecule has 1 N–H and O–H groups in total. The molecule has 1 heterocycles. The highest BCUT2D eigenvalue weighted by molar-refractivity contribution is 5.41. The Kier molecular flexibility index (Phi) is 4.30. The summed E-state index contributed by atoms with van der Waals surface area (Å²) >= 11 is 0. The maximum Gasteiger partial charge on any atom is 0.128 e. The number of hydrogen-bond donors (Lipinski definition) is 1. The Morgan fingerprint density at radius 1 is 1.25 bits per heavy atom. The second-order valence-electron chi connectivity index (χ2n) is 4.72. The third-order valence-corrected chi connectivity index (χ3v) is 3.19. The van der Waals surface area contributed by atoms with Crippen LogP contribution < -0.4 is 4.90 Å². The lowest BCUT2D eigenvalue weighted by atomic mass is 10.0. The van der Waals surface area contributed by atoms with Crippen molar-refractivity contribution in [2.75, 3.05) is 11.9 Å². The van der Waals surface area contributed by atoms with E-state index in [1.165, 1.54) is 0 Å². The minimum absolute atomic E-state index is 0.428. The normalized spacial score (nSPS) is 14.9. The molecule has 2 atom stereocenters. The molecule has 0 spiro atoms. The Bertz CT molecular complexity index is 336. The van der Waals surface area contributed by atoms with Gasteiger partial charge in [-0.15, -0.1) is 0 Å². The minimum atomic E-state index is -0.440. The summed E-state index contributed by atoms with van der Waals surface area (Å²) in [4.78, 5) is 6.49. The average molecular weight is 222 g/mol. The summed E-state index contributed by atoms with van der Waals surface area (Å²) in [5, 5.41) is 9.53. The lowest BCUT2D eigenvalue weighted by Gasteiger charge is -2.29. The summed E-state index contributed by atoms with van der Waals surface area (Å²) in [6.45, 7) is 8.34. The van der Waals surface area contributed by atoms with Gasteiger partial charge in [0.15, 0.2) is 0 Å². The smallest absolute Gasteiger partial charge is 0.128 e. The largest absolute Gasteiger partial charge is 0.389 e. The summed E-state index contributed by atoms with van der Waals surface area (Å²) in [5.74, 6) is 1.49. The van der Waals surface area contributed by atoms with E-state index in [9.17, 15) is 5.11 Å². The molecule has 1 rings (SSSR count). The van der Waals surface area contributed by atoms with Gasteiger partial charge in [0, 0.05) is 19.3 Å². The van der Waals surface area contributed by atoms with E-state index >= 15 is 0 Å². The molecule has 3 nitrogen and oxygen atoms in total. The first-order valence-electron chi connectivity index (χ1n) is 5.80. The van der Waals surface area contributed by atoms with Crippen LogP contribution in [0.15, 0.2) is 18.3 Å². The molecule has 0 saturated carbocycles. The van der Waals surface area contributed by atoms with Gasteiger partial charge in [0.2, 0.25) is 0 Å². The first-order chi connectivity index (χ1) is 7.43. The lowest BCUT2D eigenvalue weighted by molar-refractivity contribution is 0.199. The van der Waals surface area contributed by atoms with E-state index in [-0.39, 0.29) is 0 Å². The number of aliphatic hydroxyl groups excluding tert-OH is 1. The predicted octanol–water partition coefficient (Wildman–Crippen LogP) is 2.62. The molecule has 1 aromatic rings. The maximum absolute atomic E-state index is 9.53. The fourth-order valence-corrected chi connectivity index (χ4v) is 1.54. The molecule has 90 valence electrons. The van der Waals surface area contributed by atoms with E-state index in [0.29, 0.717) is 12.0 Å². The van der Waals surface area contributed by atoms with E-state index in [1.807, 2.05) is 19.2 Å². The van der Waals surface area contributed by atoms with Crippen molar-refractivity contribution >= 4 is 5.82 Å². The summed E-state index contributed by atoms with van der Waals surface area (Å²) in [5.41, 5.74) is 0.910. The van der Waals surface area contributed by atoms with Gasteiger partial charge < -0.3 is 10.0 Å². The average Bonchev–Trinajstić information content (AvgIpc) is 2.27. The first kappa shape index (κ1) is 13.0. The first-order valence-corrected chi connectivity index (χ1v) is 5.80. The molecule has 0 bridgehead atoms. The van der Waals surface area contributed by atoms with Crippen molar-refractivity contribution in [2.24, 2.45) is 5.92 Å². The van der Waals surface area contributed by atoms with E-state index in [1.54, 1.807) is 13.1 Å². The summed E-state index contributed by atoms with van der Waals surface area (Å²) in [7, 11) is 2.04. The molecule has 0 aliphatic rings. The number of hydrogen-bond acceptors (Lipinski definition) is 3. The topological polar surface area (TPSA) is 36.4 Å². The van der Waals surface area contributed by atoms with Crippen molar-refractivity contribution < 1.29 is 5.11 Å². The highest BCUT2D eigenvalue weighted by Gasteiger charge is 2.15. The SMILES string of the molecule is CC(C)C(C)N(C)c1cc([C@H](C)O)ccn1. The number of aromatic nitrogens is 1. The number of rotatable bonds is 4. The van der Waals surface area contributed by atoms with Gasteiger partial charge in [-0.25, -0.2) is 4.98 Å². The molecular formula is C13H22N2O. The lowest BCUT2D eigenvalue weighted by Crippen LogP contribution is -2.33. The Labute approximate surface area is 98.1 Å². The molecule has 0 radical (unpaired) electrons. The third-order valence-electron chi connectivity index (χ3n) is 3.19. The van der Waals surface area contributed by atoms with Crippen molar-refractivity contribution in [3.05, 3.63) is 23.9 Å². The van der Waals surface area contributed by atoms with Crippen molar-refractivity contribution in [1.82, 2.24) is 4.98 Å². The number of aliphatic hydroxyl groups is 1. The van der Waals surface area contributed by atoms with Gasteiger partial charge in [0.25, 0.3) is 0 Å². The van der Waals surface area contributed by atoms with Gasteiger partial charge >= 0.3 is 0 Å². The molecule has 1 aromatic heterocycles. The van der Waals surface area contributed by atoms with Gasteiger partial charge in [0.1, 0.15) is 5.82 Å². The fourth-order valence-electron chi connectivity index (χ4n) is 1.54. The van der Waals surface area contributed by atoms with Gasteiger partial charge in [-0.05, 0) is 37.5 Å². The number of nitrogens with zero attached hydrogens (tertiary/aromatic N) is 2. The quantitative estimate of drug-likeness (QED) is 0.850. The van der Waals surface area contributed by atoms with Crippen LogP contribution in [-0.2, 0) is 0 Å². The van der Waals surface area contributed by atoms with Crippen LogP contribution in [0.1, 0.15) is 39.4 Å². The Morgan fingerprint density at radius 2 is 1.88 bits per heavy atom. The van der Waals surface area contributed by atoms with E-state index in [2.05, 4.69) is 30.7 Å². The molecule has 0 aromatic carbocycles. The molecule has 16 heavy (non-hydrogen) atoms. The van der Waals surface area contributed by atoms with Crippen LogP contribution in [0, 0.1) is 5.92 Å². The highest BCUT2D eigenvalue weighted by atomic mass is 16.3. The monoisotopic (exact) mass is 222 g/mol. The van der Waals surface area contributed by atoms with Crippen LogP contribution in [0.3, 0.4) is 0 Å². The molecule has 1 unspecified atom stereocenters. The molecule has 0 fully saturated rings. The Hall–Kier alpha value is -1.09. The molecule has 0 saturated heterocycles. The number of pyridine rings is 1. The minimum Gasteiger partial charge on any atom is -0.389 e. The van der Waals surface area contributed by atoms with Gasteiger partial charge in [-0.2, -0.15) is 0 Å². The van der Waals surface area contributed by atoms with Crippen LogP contribution in [0.4, 0.5) is 5.82 Å². The fraction of sp³-hybridized carbons (Fsp3) is 0.615. The van der Waals surface area contributed by atoms with E-state index in [4.69, 9.17) is 0 Å². The van der Waals surface area contributed by atoms with Crippen LogP contribution in [-0.4, -0.2) is 23.2 Å². The summed E-state index contributed by atoms with van der Waals surface area (Å²) in [6, 6.07) is 4.22. The number of anilines is 1. The van der Waals surface area contributed by atoms with Gasteiger partial charge in [-0.3, -0.25) is 0 Å².